The molecule has 4 rings (SSSR count). The molecular weight excluding hydrogens is 332 g/mol. The number of aromatic carboxylic acids is 1. The molecule has 2 amide bonds. The second-order valence-electron chi connectivity index (χ2n) is 6.66. The second-order valence-corrected chi connectivity index (χ2v) is 6.66. The van der Waals surface area contributed by atoms with Gasteiger partial charge < -0.3 is 10.4 Å². The van der Waals surface area contributed by atoms with Crippen molar-refractivity contribution in [2.45, 2.75) is 31.7 Å². The molecule has 1 heterocycles. The monoisotopic (exact) mass is 350 g/mol. The number of nitrogens with one attached hydrogen (secondary N) is 1. The first kappa shape index (κ1) is 16.3. The van der Waals surface area contributed by atoms with Gasteiger partial charge in [-0.1, -0.05) is 12.1 Å². The van der Waals surface area contributed by atoms with Crippen molar-refractivity contribution in [3.63, 3.8) is 0 Å². The van der Waals surface area contributed by atoms with Gasteiger partial charge >= 0.3 is 5.97 Å². The first-order valence-electron chi connectivity index (χ1n) is 8.61. The molecule has 1 aliphatic heterocycles. The van der Waals surface area contributed by atoms with Crippen LogP contribution in [0.2, 0.25) is 0 Å². The number of carboxylic acid groups (broad SMARTS) is 1. The zero-order valence-corrected chi connectivity index (χ0v) is 14.1. The van der Waals surface area contributed by atoms with Crippen LogP contribution in [0.25, 0.3) is 0 Å². The summed E-state index contributed by atoms with van der Waals surface area (Å²) in [6.45, 7) is 0. The molecule has 0 saturated carbocycles. The van der Waals surface area contributed by atoms with Crippen LogP contribution in [0.3, 0.4) is 0 Å². The SMILES string of the molecule is O=C(O)c1cccc(N2C(=O)C[C@@H](Nc3ccc4c(c3)CCC4)C2=O)c1. The third kappa shape index (κ3) is 2.83. The number of rotatable bonds is 4. The van der Waals surface area contributed by atoms with Crippen LogP contribution >= 0.6 is 0 Å². The van der Waals surface area contributed by atoms with E-state index in [1.54, 1.807) is 6.07 Å². The summed E-state index contributed by atoms with van der Waals surface area (Å²) in [5.74, 6) is -1.80. The summed E-state index contributed by atoms with van der Waals surface area (Å²) in [7, 11) is 0. The average Bonchev–Trinajstić information content (AvgIpc) is 3.19. The van der Waals surface area contributed by atoms with Gasteiger partial charge in [0.25, 0.3) is 5.91 Å². The number of hydrogen-bond acceptors (Lipinski definition) is 4. The number of nitrogens with zero attached hydrogens (tertiary/aromatic N) is 1. The number of anilines is 2. The van der Waals surface area contributed by atoms with E-state index in [9.17, 15) is 14.4 Å². The third-order valence-electron chi connectivity index (χ3n) is 4.94. The minimum absolute atomic E-state index is 0.0399. The number of fused-ring (bicyclic) bond motifs is 1. The number of carboxylic acids is 1. The summed E-state index contributed by atoms with van der Waals surface area (Å²) >= 11 is 0. The number of benzene rings is 2. The van der Waals surface area contributed by atoms with Crippen LogP contribution < -0.4 is 10.2 Å². The van der Waals surface area contributed by atoms with Crippen LogP contribution in [0.1, 0.15) is 34.3 Å². The molecular formula is C20H18N2O4. The lowest BCUT2D eigenvalue weighted by Crippen LogP contribution is -2.34. The van der Waals surface area contributed by atoms with Crippen LogP contribution in [0, 0.1) is 0 Å². The Balaban J connectivity index is 1.56. The maximum atomic E-state index is 12.7. The quantitative estimate of drug-likeness (QED) is 0.828. The molecule has 6 heteroatoms. The lowest BCUT2D eigenvalue weighted by atomic mass is 10.1. The summed E-state index contributed by atoms with van der Waals surface area (Å²) in [5, 5.41) is 12.3. The van der Waals surface area contributed by atoms with E-state index < -0.39 is 12.0 Å². The van der Waals surface area contributed by atoms with Crippen LogP contribution in [-0.2, 0) is 22.4 Å². The predicted octanol–water partition coefficient (Wildman–Crippen LogP) is 2.62. The molecule has 0 radical (unpaired) electrons. The Kier molecular flexibility index (Phi) is 3.95. The average molecular weight is 350 g/mol. The largest absolute Gasteiger partial charge is 0.478 e. The number of hydrogen-bond donors (Lipinski definition) is 2. The summed E-state index contributed by atoms with van der Waals surface area (Å²) in [5.41, 5.74) is 3.79. The molecule has 26 heavy (non-hydrogen) atoms. The first-order valence-corrected chi connectivity index (χ1v) is 8.61. The van der Waals surface area contributed by atoms with E-state index in [1.807, 2.05) is 12.1 Å². The van der Waals surface area contributed by atoms with Gasteiger partial charge in [-0.05, 0) is 60.7 Å². The van der Waals surface area contributed by atoms with Gasteiger partial charge in [0.05, 0.1) is 17.7 Å². The molecule has 0 bridgehead atoms. The summed E-state index contributed by atoms with van der Waals surface area (Å²) in [4.78, 5) is 37.3. The summed E-state index contributed by atoms with van der Waals surface area (Å²) < 4.78 is 0. The number of aryl methyl sites for hydroxylation is 2. The predicted molar refractivity (Wildman–Crippen MR) is 96.4 cm³/mol. The first-order chi connectivity index (χ1) is 12.5. The fourth-order valence-corrected chi connectivity index (χ4v) is 3.66. The van der Waals surface area contributed by atoms with E-state index in [-0.39, 0.29) is 29.5 Å². The van der Waals surface area contributed by atoms with E-state index in [0.29, 0.717) is 0 Å². The summed E-state index contributed by atoms with van der Waals surface area (Å²) in [6, 6.07) is 11.3. The second kappa shape index (κ2) is 6.29. The fraction of sp³-hybridized carbons (Fsp3) is 0.250. The van der Waals surface area contributed by atoms with Crippen molar-refractivity contribution < 1.29 is 19.5 Å². The molecule has 0 unspecified atom stereocenters. The lowest BCUT2D eigenvalue weighted by molar-refractivity contribution is -0.121. The van der Waals surface area contributed by atoms with Crippen molar-refractivity contribution in [3.05, 3.63) is 59.2 Å². The van der Waals surface area contributed by atoms with Crippen molar-refractivity contribution in [1.29, 1.82) is 0 Å². The van der Waals surface area contributed by atoms with Crippen LogP contribution in [0.4, 0.5) is 11.4 Å². The molecule has 1 saturated heterocycles. The van der Waals surface area contributed by atoms with Crippen molar-refractivity contribution in [2.75, 3.05) is 10.2 Å². The fourth-order valence-electron chi connectivity index (χ4n) is 3.66. The lowest BCUT2D eigenvalue weighted by Gasteiger charge is -2.17. The zero-order valence-electron chi connectivity index (χ0n) is 14.1. The van der Waals surface area contributed by atoms with Gasteiger partial charge in [-0.3, -0.25) is 9.59 Å². The highest BCUT2D eigenvalue weighted by Crippen LogP contribution is 2.28. The summed E-state index contributed by atoms with van der Waals surface area (Å²) in [6.07, 6.45) is 3.32. The van der Waals surface area contributed by atoms with Crippen molar-refractivity contribution >= 4 is 29.2 Å². The van der Waals surface area contributed by atoms with Crippen molar-refractivity contribution in [3.8, 4) is 0 Å². The molecule has 2 aliphatic rings. The minimum Gasteiger partial charge on any atom is -0.478 e. The number of imide groups is 1. The normalized spacial score (nSPS) is 18.9. The van der Waals surface area contributed by atoms with E-state index >= 15 is 0 Å². The van der Waals surface area contributed by atoms with Crippen LogP contribution in [-0.4, -0.2) is 28.9 Å². The molecule has 2 aromatic carbocycles. The molecule has 2 aromatic rings. The van der Waals surface area contributed by atoms with Crippen molar-refractivity contribution in [1.82, 2.24) is 0 Å². The number of carbonyl (C=O) groups excluding carboxylic acids is 2. The van der Waals surface area contributed by atoms with E-state index in [0.717, 1.165) is 29.8 Å². The Labute approximate surface area is 150 Å². The molecule has 132 valence electrons. The molecule has 0 spiro atoms. The van der Waals surface area contributed by atoms with E-state index in [4.69, 9.17) is 5.11 Å². The van der Waals surface area contributed by atoms with Gasteiger partial charge in [0.15, 0.2) is 0 Å². The number of amides is 2. The van der Waals surface area contributed by atoms with Gasteiger partial charge in [-0.15, -0.1) is 0 Å². The molecule has 1 aliphatic carbocycles. The highest BCUT2D eigenvalue weighted by atomic mass is 16.4. The molecule has 0 aromatic heterocycles. The van der Waals surface area contributed by atoms with Crippen LogP contribution in [0.5, 0.6) is 0 Å². The van der Waals surface area contributed by atoms with E-state index in [1.165, 1.54) is 29.3 Å². The smallest absolute Gasteiger partial charge is 0.335 e. The zero-order chi connectivity index (χ0) is 18.3. The molecule has 6 nitrogen and oxygen atoms in total. The Morgan fingerprint density at radius 2 is 1.88 bits per heavy atom. The van der Waals surface area contributed by atoms with Gasteiger partial charge in [0.2, 0.25) is 5.91 Å². The maximum Gasteiger partial charge on any atom is 0.335 e. The van der Waals surface area contributed by atoms with Gasteiger partial charge in [-0.25, -0.2) is 9.69 Å². The van der Waals surface area contributed by atoms with Crippen LogP contribution in [0.15, 0.2) is 42.5 Å². The van der Waals surface area contributed by atoms with Gasteiger partial charge in [0.1, 0.15) is 6.04 Å². The molecule has 1 atom stereocenters. The Morgan fingerprint density at radius 1 is 1.08 bits per heavy atom. The topological polar surface area (TPSA) is 86.7 Å². The van der Waals surface area contributed by atoms with E-state index in [2.05, 4.69) is 11.4 Å². The Hall–Kier alpha value is -3.15. The molecule has 2 N–H and O–H groups in total. The maximum absolute atomic E-state index is 12.7. The highest BCUT2D eigenvalue weighted by Gasteiger charge is 2.39. The van der Waals surface area contributed by atoms with Gasteiger partial charge in [0, 0.05) is 5.69 Å². The Morgan fingerprint density at radius 3 is 2.69 bits per heavy atom. The van der Waals surface area contributed by atoms with Gasteiger partial charge in [-0.2, -0.15) is 0 Å². The minimum atomic E-state index is -1.10. The Bertz CT molecular complexity index is 922. The van der Waals surface area contributed by atoms with Crippen molar-refractivity contribution in [2.24, 2.45) is 0 Å². The third-order valence-corrected chi connectivity index (χ3v) is 4.94. The highest BCUT2D eigenvalue weighted by molar-refractivity contribution is 6.23. The standard InChI is InChI=1S/C20H18N2O4/c23-18-11-17(21-15-8-7-12-3-1-4-13(12)9-15)19(24)22(18)16-6-2-5-14(10-16)20(25)26/h2,5-10,17,21H,1,3-4,11H2,(H,25,26)/t17-/m1/s1. The molecule has 1 fully saturated rings. The number of carbonyl (C=O) groups is 3.